The van der Waals surface area contributed by atoms with E-state index >= 15 is 0 Å². The third-order valence-corrected chi connectivity index (χ3v) is 3.92. The Morgan fingerprint density at radius 3 is 2.71 bits per heavy atom. The number of anilines is 1. The maximum Gasteiger partial charge on any atom is 0.154 e. The summed E-state index contributed by atoms with van der Waals surface area (Å²) in [6.45, 7) is 0.378. The molecule has 0 spiro atoms. The van der Waals surface area contributed by atoms with E-state index in [1.54, 1.807) is 0 Å². The molecule has 4 nitrogen and oxygen atoms in total. The largest absolute Gasteiger partial charge is 0.399 e. The summed E-state index contributed by atoms with van der Waals surface area (Å²) in [4.78, 5) is 0. The highest BCUT2D eigenvalue weighted by atomic mass is 32.2. The first-order valence-electron chi connectivity index (χ1n) is 5.18. The van der Waals surface area contributed by atoms with Crippen LogP contribution in [0.3, 0.4) is 0 Å². The van der Waals surface area contributed by atoms with Gasteiger partial charge < -0.3 is 10.5 Å². The standard InChI is InChI=1S/C11H16FNO3S/c1-16-5-2-6-17(14,15)8-9-3-4-10(13)7-11(9)12/h3-4,7H,2,5-6,8,13H2,1H3. The van der Waals surface area contributed by atoms with Crippen LogP contribution in [-0.2, 0) is 20.3 Å². The third kappa shape index (κ3) is 4.70. The summed E-state index contributed by atoms with van der Waals surface area (Å²) in [6, 6.07) is 4.02. The smallest absolute Gasteiger partial charge is 0.154 e. The molecule has 1 aromatic rings. The Morgan fingerprint density at radius 2 is 2.12 bits per heavy atom. The molecule has 0 aliphatic rings. The Morgan fingerprint density at radius 1 is 1.41 bits per heavy atom. The third-order valence-electron chi connectivity index (χ3n) is 2.26. The summed E-state index contributed by atoms with van der Waals surface area (Å²) in [5.74, 6) is -0.895. The van der Waals surface area contributed by atoms with E-state index in [4.69, 9.17) is 10.5 Å². The second-order valence-corrected chi connectivity index (χ2v) is 5.97. The van der Waals surface area contributed by atoms with Gasteiger partial charge in [-0.25, -0.2) is 12.8 Å². The monoisotopic (exact) mass is 261 g/mol. The van der Waals surface area contributed by atoms with Gasteiger partial charge in [-0.1, -0.05) is 6.07 Å². The summed E-state index contributed by atoms with van der Waals surface area (Å²) >= 11 is 0. The molecule has 0 aliphatic carbocycles. The Balaban J connectivity index is 2.69. The molecule has 0 saturated heterocycles. The predicted molar refractivity (Wildman–Crippen MR) is 64.8 cm³/mol. The van der Waals surface area contributed by atoms with Crippen molar-refractivity contribution in [3.8, 4) is 0 Å². The molecule has 0 aliphatic heterocycles. The van der Waals surface area contributed by atoms with Crippen molar-refractivity contribution < 1.29 is 17.5 Å². The highest BCUT2D eigenvalue weighted by Gasteiger charge is 2.14. The van der Waals surface area contributed by atoms with E-state index < -0.39 is 15.7 Å². The fourth-order valence-electron chi connectivity index (χ4n) is 1.41. The van der Waals surface area contributed by atoms with Crippen molar-refractivity contribution in [2.24, 2.45) is 0 Å². The van der Waals surface area contributed by atoms with Gasteiger partial charge in [0.1, 0.15) is 5.82 Å². The van der Waals surface area contributed by atoms with E-state index in [0.29, 0.717) is 13.0 Å². The number of sulfone groups is 1. The molecule has 0 bridgehead atoms. The number of halogens is 1. The number of hydrogen-bond donors (Lipinski definition) is 1. The van der Waals surface area contributed by atoms with Crippen molar-refractivity contribution in [2.45, 2.75) is 12.2 Å². The number of hydrogen-bond acceptors (Lipinski definition) is 4. The first kappa shape index (κ1) is 13.9. The van der Waals surface area contributed by atoms with Gasteiger partial charge in [0, 0.05) is 25.0 Å². The van der Waals surface area contributed by atoms with Crippen molar-refractivity contribution in [1.29, 1.82) is 0 Å². The molecule has 17 heavy (non-hydrogen) atoms. The maximum absolute atomic E-state index is 13.4. The van der Waals surface area contributed by atoms with Crippen LogP contribution in [0.2, 0.25) is 0 Å². The lowest BCUT2D eigenvalue weighted by Gasteiger charge is -2.06. The lowest BCUT2D eigenvalue weighted by molar-refractivity contribution is 0.199. The molecule has 0 fully saturated rings. The van der Waals surface area contributed by atoms with E-state index in [2.05, 4.69) is 0 Å². The minimum atomic E-state index is -3.30. The molecule has 6 heteroatoms. The maximum atomic E-state index is 13.4. The zero-order valence-electron chi connectivity index (χ0n) is 9.65. The molecule has 1 aromatic carbocycles. The van der Waals surface area contributed by atoms with Crippen molar-refractivity contribution in [1.82, 2.24) is 0 Å². The summed E-state index contributed by atoms with van der Waals surface area (Å²) in [6.07, 6.45) is 0.412. The molecule has 0 aromatic heterocycles. The van der Waals surface area contributed by atoms with Crippen LogP contribution in [0, 0.1) is 5.82 Å². The molecule has 0 unspecified atom stereocenters. The van der Waals surface area contributed by atoms with Crippen LogP contribution < -0.4 is 5.73 Å². The topological polar surface area (TPSA) is 69.4 Å². The molecular formula is C11H16FNO3S. The highest BCUT2D eigenvalue weighted by Crippen LogP contribution is 2.15. The first-order chi connectivity index (χ1) is 7.94. The van der Waals surface area contributed by atoms with Crippen molar-refractivity contribution in [3.63, 3.8) is 0 Å². The molecular weight excluding hydrogens is 245 g/mol. The first-order valence-corrected chi connectivity index (χ1v) is 7.00. The van der Waals surface area contributed by atoms with E-state index in [-0.39, 0.29) is 22.8 Å². The second-order valence-electron chi connectivity index (χ2n) is 3.79. The van der Waals surface area contributed by atoms with Gasteiger partial charge in [-0.3, -0.25) is 0 Å². The average molecular weight is 261 g/mol. The Bertz CT molecular complexity index is 474. The molecule has 0 amide bonds. The number of methoxy groups -OCH3 is 1. The van der Waals surface area contributed by atoms with Gasteiger partial charge in [-0.2, -0.15) is 0 Å². The minimum Gasteiger partial charge on any atom is -0.399 e. The zero-order valence-corrected chi connectivity index (χ0v) is 10.5. The van der Waals surface area contributed by atoms with E-state index in [1.807, 2.05) is 0 Å². The molecule has 0 radical (unpaired) electrons. The normalized spacial score (nSPS) is 11.6. The van der Waals surface area contributed by atoms with Crippen LogP contribution in [0.1, 0.15) is 12.0 Å². The van der Waals surface area contributed by atoms with Gasteiger partial charge in [-0.05, 0) is 18.6 Å². The minimum absolute atomic E-state index is 0.00927. The molecule has 2 N–H and O–H groups in total. The number of nitrogen functional groups attached to an aromatic ring is 1. The van der Waals surface area contributed by atoms with Crippen LogP contribution >= 0.6 is 0 Å². The van der Waals surface area contributed by atoms with Gasteiger partial charge in [0.15, 0.2) is 9.84 Å². The molecule has 96 valence electrons. The SMILES string of the molecule is COCCCS(=O)(=O)Cc1ccc(N)cc1F. The Hall–Kier alpha value is -1.14. The summed E-state index contributed by atoms with van der Waals surface area (Å²) in [5, 5.41) is 0. The summed E-state index contributed by atoms with van der Waals surface area (Å²) in [7, 11) is -1.80. The zero-order chi connectivity index (χ0) is 12.9. The van der Waals surface area contributed by atoms with E-state index in [1.165, 1.54) is 19.2 Å². The number of rotatable bonds is 6. The van der Waals surface area contributed by atoms with Crippen LogP contribution in [0.25, 0.3) is 0 Å². The van der Waals surface area contributed by atoms with Crippen molar-refractivity contribution in [3.05, 3.63) is 29.6 Å². The van der Waals surface area contributed by atoms with Crippen LogP contribution in [0.15, 0.2) is 18.2 Å². The fraction of sp³-hybridized carbons (Fsp3) is 0.455. The van der Waals surface area contributed by atoms with Gasteiger partial charge in [-0.15, -0.1) is 0 Å². The van der Waals surface area contributed by atoms with Crippen molar-refractivity contribution in [2.75, 3.05) is 25.2 Å². The molecule has 0 atom stereocenters. The molecule has 0 saturated carbocycles. The van der Waals surface area contributed by atoms with Gasteiger partial charge in [0.25, 0.3) is 0 Å². The van der Waals surface area contributed by atoms with Crippen LogP contribution in [0.5, 0.6) is 0 Å². The van der Waals surface area contributed by atoms with Gasteiger partial charge in [0.05, 0.1) is 11.5 Å². The lowest BCUT2D eigenvalue weighted by Crippen LogP contribution is -2.12. The number of benzene rings is 1. The van der Waals surface area contributed by atoms with Crippen LogP contribution in [-0.4, -0.2) is 27.9 Å². The second kappa shape index (κ2) is 5.97. The quantitative estimate of drug-likeness (QED) is 0.620. The predicted octanol–water partition coefficient (Wildman–Crippen LogP) is 1.36. The van der Waals surface area contributed by atoms with E-state index in [9.17, 15) is 12.8 Å². The van der Waals surface area contributed by atoms with E-state index in [0.717, 1.165) is 6.07 Å². The lowest BCUT2D eigenvalue weighted by atomic mass is 10.2. The summed E-state index contributed by atoms with van der Waals surface area (Å²) in [5.41, 5.74) is 5.81. The Kier molecular flexibility index (Phi) is 4.89. The number of ether oxygens (including phenoxy) is 1. The van der Waals surface area contributed by atoms with Gasteiger partial charge in [0.2, 0.25) is 0 Å². The summed E-state index contributed by atoms with van der Waals surface area (Å²) < 4.78 is 41.5. The van der Waals surface area contributed by atoms with Gasteiger partial charge >= 0.3 is 0 Å². The Labute approximate surface area is 101 Å². The highest BCUT2D eigenvalue weighted by molar-refractivity contribution is 7.90. The van der Waals surface area contributed by atoms with Crippen LogP contribution in [0.4, 0.5) is 10.1 Å². The average Bonchev–Trinajstić information content (AvgIpc) is 2.22. The molecule has 1 rings (SSSR count). The fourth-order valence-corrected chi connectivity index (χ4v) is 2.82. The molecule has 0 heterocycles. The number of nitrogens with two attached hydrogens (primary N) is 1. The van der Waals surface area contributed by atoms with Crippen molar-refractivity contribution >= 4 is 15.5 Å².